The smallest absolute Gasteiger partial charge is 0.0695 e. The van der Waals surface area contributed by atoms with Crippen molar-refractivity contribution in [2.75, 3.05) is 0 Å². The summed E-state index contributed by atoms with van der Waals surface area (Å²) in [6, 6.07) is 0. The highest BCUT2D eigenvalue weighted by atomic mass is 14.6. The number of nitrogens with one attached hydrogen (secondary N) is 1. The monoisotopic (exact) mass is 688 g/mol. The van der Waals surface area contributed by atoms with E-state index in [0.717, 1.165) is 41.2 Å². The van der Waals surface area contributed by atoms with Crippen LogP contribution in [0.2, 0.25) is 0 Å². The second-order valence-electron chi connectivity index (χ2n) is 15.6. The third-order valence-corrected chi connectivity index (χ3v) is 11.9. The molecule has 3 rings (SSSR count). The average Bonchev–Trinajstić information content (AvgIpc) is 3.99. The molecular formula is C49H85N. The van der Waals surface area contributed by atoms with E-state index in [9.17, 15) is 5.41 Å². The van der Waals surface area contributed by atoms with Gasteiger partial charge < -0.3 is 0 Å². The predicted molar refractivity (Wildman–Crippen MR) is 233 cm³/mol. The summed E-state index contributed by atoms with van der Waals surface area (Å²) in [6.45, 7) is 51.1. The average molecular weight is 688 g/mol. The van der Waals surface area contributed by atoms with Crippen LogP contribution in [-0.2, 0) is 12.8 Å². The summed E-state index contributed by atoms with van der Waals surface area (Å²) < 4.78 is 0. The van der Waals surface area contributed by atoms with Crippen LogP contribution in [0.4, 0.5) is 0 Å². The Labute approximate surface area is 314 Å². The van der Waals surface area contributed by atoms with Crippen molar-refractivity contribution in [3.05, 3.63) is 86.1 Å². The van der Waals surface area contributed by atoms with Crippen LogP contribution in [0.25, 0.3) is 6.08 Å². The minimum atomic E-state index is 0.653. The van der Waals surface area contributed by atoms with E-state index < -0.39 is 0 Å². The molecule has 0 radical (unpaired) electrons. The van der Waals surface area contributed by atoms with Crippen LogP contribution in [0, 0.1) is 41.9 Å². The largest absolute Gasteiger partial charge is 0.300 e. The summed E-state index contributed by atoms with van der Waals surface area (Å²) in [5, 5.41) is 9.35. The zero-order valence-corrected chi connectivity index (χ0v) is 37.4. The van der Waals surface area contributed by atoms with Crippen molar-refractivity contribution in [2.45, 2.75) is 190 Å². The van der Waals surface area contributed by atoms with E-state index in [1.165, 1.54) is 94.2 Å². The van der Waals surface area contributed by atoms with Gasteiger partial charge in [-0.05, 0) is 157 Å². The summed E-state index contributed by atoms with van der Waals surface area (Å²) in [5.74, 6) is 2.06. The van der Waals surface area contributed by atoms with E-state index in [2.05, 4.69) is 130 Å². The molecule has 0 heterocycles. The first-order valence-corrected chi connectivity index (χ1v) is 20.3. The molecule has 1 aromatic rings. The molecule has 0 bridgehead atoms. The number of benzene rings is 1. The van der Waals surface area contributed by atoms with E-state index in [-0.39, 0.29) is 0 Å². The fourth-order valence-corrected chi connectivity index (χ4v) is 7.62. The highest BCUT2D eigenvalue weighted by Gasteiger charge is 2.54. The van der Waals surface area contributed by atoms with Crippen molar-refractivity contribution in [3.63, 3.8) is 0 Å². The van der Waals surface area contributed by atoms with E-state index >= 15 is 0 Å². The van der Waals surface area contributed by atoms with E-state index in [1.807, 2.05) is 33.8 Å². The molecule has 1 nitrogen and oxygen atoms in total. The van der Waals surface area contributed by atoms with E-state index in [4.69, 9.17) is 0 Å². The lowest BCUT2D eigenvalue weighted by Gasteiger charge is -2.25. The zero-order chi connectivity index (χ0) is 39.7. The minimum Gasteiger partial charge on any atom is -0.300 e. The molecule has 0 amide bonds. The molecule has 2 unspecified atom stereocenters. The molecule has 1 aromatic carbocycles. The molecule has 2 aliphatic rings. The second kappa shape index (κ2) is 23.2. The number of hydrogen-bond donors (Lipinski definition) is 1. The first-order chi connectivity index (χ1) is 23.3. The molecule has 0 aliphatic heterocycles. The summed E-state index contributed by atoms with van der Waals surface area (Å²) in [6.07, 6.45) is 14.6. The Hall–Kier alpha value is -2.41. The zero-order valence-electron chi connectivity index (χ0n) is 37.4. The molecule has 2 aliphatic carbocycles. The van der Waals surface area contributed by atoms with Gasteiger partial charge >= 0.3 is 0 Å². The lowest BCUT2D eigenvalue weighted by atomic mass is 9.79. The van der Waals surface area contributed by atoms with Crippen molar-refractivity contribution in [1.82, 2.24) is 0 Å². The highest BCUT2D eigenvalue weighted by molar-refractivity contribution is 6.16. The Bertz CT molecular complexity index is 1320. The van der Waals surface area contributed by atoms with Crippen LogP contribution in [0.5, 0.6) is 0 Å². The van der Waals surface area contributed by atoms with Crippen LogP contribution in [0.1, 0.15) is 197 Å². The van der Waals surface area contributed by atoms with Gasteiger partial charge in [-0.1, -0.05) is 130 Å². The summed E-state index contributed by atoms with van der Waals surface area (Å²) >= 11 is 0. The van der Waals surface area contributed by atoms with Gasteiger partial charge in [-0.2, -0.15) is 0 Å². The topological polar surface area (TPSA) is 23.9 Å². The number of rotatable bonds is 11. The summed E-state index contributed by atoms with van der Waals surface area (Å²) in [5.41, 5.74) is 16.7. The molecule has 1 N–H and O–H groups in total. The molecule has 0 spiro atoms. The highest BCUT2D eigenvalue weighted by Crippen LogP contribution is 2.61. The van der Waals surface area contributed by atoms with E-state index in [0.29, 0.717) is 11.1 Å². The van der Waals surface area contributed by atoms with Gasteiger partial charge in [-0.15, -0.1) is 6.58 Å². The predicted octanol–water partition coefficient (Wildman–Crippen LogP) is 16.4. The van der Waals surface area contributed by atoms with Gasteiger partial charge in [0.05, 0.1) is 5.71 Å². The van der Waals surface area contributed by atoms with Gasteiger partial charge in [0.25, 0.3) is 0 Å². The summed E-state index contributed by atoms with van der Waals surface area (Å²) in [7, 11) is 0. The maximum atomic E-state index is 9.35. The Kier molecular flexibility index (Phi) is 23.1. The van der Waals surface area contributed by atoms with Gasteiger partial charge in [0.1, 0.15) is 0 Å². The van der Waals surface area contributed by atoms with Crippen LogP contribution in [0.15, 0.2) is 52.7 Å². The Balaban J connectivity index is 0. The van der Waals surface area contributed by atoms with Gasteiger partial charge in [-0.3, -0.25) is 5.41 Å². The molecule has 1 heteroatoms. The molecular weight excluding hydrogens is 603 g/mol. The van der Waals surface area contributed by atoms with Crippen molar-refractivity contribution in [2.24, 2.45) is 22.7 Å². The van der Waals surface area contributed by atoms with Crippen molar-refractivity contribution in [3.8, 4) is 0 Å². The summed E-state index contributed by atoms with van der Waals surface area (Å²) in [4.78, 5) is 0. The van der Waals surface area contributed by atoms with Crippen LogP contribution in [0.3, 0.4) is 0 Å². The lowest BCUT2D eigenvalue weighted by Crippen LogP contribution is -2.16. The Morgan fingerprint density at radius 3 is 1.42 bits per heavy atom. The fourth-order valence-electron chi connectivity index (χ4n) is 7.62. The van der Waals surface area contributed by atoms with Crippen molar-refractivity contribution < 1.29 is 0 Å². The molecule has 50 heavy (non-hydrogen) atoms. The first kappa shape index (κ1) is 49.7. The van der Waals surface area contributed by atoms with Crippen LogP contribution >= 0.6 is 0 Å². The quantitative estimate of drug-likeness (QED) is 0.136. The maximum Gasteiger partial charge on any atom is 0.0695 e. The van der Waals surface area contributed by atoms with Crippen molar-refractivity contribution >= 4 is 11.8 Å². The molecule has 2 atom stereocenters. The van der Waals surface area contributed by atoms with Gasteiger partial charge in [-0.25, -0.2) is 0 Å². The van der Waals surface area contributed by atoms with Gasteiger partial charge in [0.15, 0.2) is 0 Å². The van der Waals surface area contributed by atoms with E-state index in [1.54, 1.807) is 0 Å². The second-order valence-corrected chi connectivity index (χ2v) is 15.6. The molecule has 286 valence electrons. The SMILES string of the molecule is C=C(C)C.C=Cc1c(C)c(C)c(C(=N)/C(C(C)=C(C)C)=C(C)\C(C)=C/C)c(CC)c1CC.CC.CCC1(CC)CC1.CCC1C(CC)C1(C)C. The Morgan fingerprint density at radius 1 is 0.760 bits per heavy atom. The maximum absolute atomic E-state index is 9.35. The van der Waals surface area contributed by atoms with Gasteiger partial charge in [0, 0.05) is 11.1 Å². The van der Waals surface area contributed by atoms with Gasteiger partial charge in [0.2, 0.25) is 0 Å². The van der Waals surface area contributed by atoms with Crippen LogP contribution in [-0.4, -0.2) is 5.71 Å². The minimum absolute atomic E-state index is 0.653. The Morgan fingerprint density at radius 2 is 1.18 bits per heavy atom. The molecule has 2 fully saturated rings. The molecule has 0 saturated heterocycles. The number of allylic oxidation sites excluding steroid dienone is 7. The third kappa shape index (κ3) is 13.3. The van der Waals surface area contributed by atoms with Crippen molar-refractivity contribution in [1.29, 1.82) is 5.41 Å². The fraction of sp³-hybridized carbons (Fsp3) is 0.653. The standard InChI is InChI=1S/C27H39N.C9H18.C7H14.C4H8.C2H6/c1-12-17(7)19(9)25(18(8)16(5)6)27(28)26-21(11)20(10)22(13-2)23(14-3)24(26)15-4;1-5-7-8(6-2)9(7,3)4;1-3-7(4-2)5-6-7;1-4(2)3;1-2/h12-13,28H,2,14-15H2,1,3-11H3;7-8H,5-6H2,1-4H3;3-6H2,1-2H3;1H2,2-3H3;1-2H3/b17-12-,25-19-,28-27?;;;;. The molecule has 0 aromatic heterocycles. The molecule has 2 saturated carbocycles. The lowest BCUT2D eigenvalue weighted by molar-refractivity contribution is 0.474. The normalized spacial score (nSPS) is 18.1. The number of hydrogen-bond acceptors (Lipinski definition) is 1. The first-order valence-electron chi connectivity index (χ1n) is 20.3. The third-order valence-electron chi connectivity index (χ3n) is 11.9. The van der Waals surface area contributed by atoms with Crippen LogP contribution < -0.4 is 0 Å².